The number of rotatable bonds is 10. The SMILES string of the molecule is CCOC(=O)CC(=O)CC(O)/C=C/c1c(C(C)C)cc(I)c(OC)c1-c1ccc(F)cc1. The van der Waals surface area contributed by atoms with Crippen molar-refractivity contribution in [2.45, 2.75) is 45.6 Å². The summed E-state index contributed by atoms with van der Waals surface area (Å²) in [6.07, 6.45) is 1.66. The van der Waals surface area contributed by atoms with Gasteiger partial charge in [0.2, 0.25) is 0 Å². The van der Waals surface area contributed by atoms with Crippen LogP contribution in [0.5, 0.6) is 5.75 Å². The molecule has 2 rings (SSSR count). The minimum absolute atomic E-state index is 0.163. The molecule has 1 atom stereocenters. The van der Waals surface area contributed by atoms with E-state index in [0.29, 0.717) is 5.75 Å². The van der Waals surface area contributed by atoms with Gasteiger partial charge >= 0.3 is 5.97 Å². The molecule has 2 aromatic carbocycles. The molecule has 0 saturated heterocycles. The first-order chi connectivity index (χ1) is 15.2. The van der Waals surface area contributed by atoms with Crippen LogP contribution in [0.1, 0.15) is 50.7 Å². The van der Waals surface area contributed by atoms with Crippen LogP contribution in [0, 0.1) is 9.39 Å². The van der Waals surface area contributed by atoms with E-state index in [-0.39, 0.29) is 31.2 Å². The van der Waals surface area contributed by atoms with E-state index >= 15 is 0 Å². The van der Waals surface area contributed by atoms with Gasteiger partial charge in [-0.15, -0.1) is 0 Å². The van der Waals surface area contributed by atoms with Crippen molar-refractivity contribution in [1.82, 2.24) is 0 Å². The van der Waals surface area contributed by atoms with Crippen LogP contribution in [0.3, 0.4) is 0 Å². The van der Waals surface area contributed by atoms with Gasteiger partial charge in [-0.05, 0) is 70.3 Å². The largest absolute Gasteiger partial charge is 0.495 e. The Hall–Kier alpha value is -2.26. The number of carbonyl (C=O) groups excluding carboxylic acids is 2. The van der Waals surface area contributed by atoms with Gasteiger partial charge in [-0.3, -0.25) is 9.59 Å². The summed E-state index contributed by atoms with van der Waals surface area (Å²) in [6, 6.07) is 8.17. The summed E-state index contributed by atoms with van der Waals surface area (Å²) in [5.41, 5.74) is 3.40. The number of ether oxygens (including phenoxy) is 2. The molecule has 5 nitrogen and oxygen atoms in total. The first-order valence-corrected chi connectivity index (χ1v) is 11.5. The standard InChI is InChI=1S/C25H28FIO5/c1-5-32-23(30)13-19(29)12-18(28)10-11-20-21(15(2)3)14-22(27)25(31-4)24(20)16-6-8-17(26)9-7-16/h6-11,14-15,18,28H,5,12-13H2,1-4H3/b11-10+. The third-order valence-corrected chi connectivity index (χ3v) is 5.64. The molecule has 7 heteroatoms. The van der Waals surface area contributed by atoms with Gasteiger partial charge < -0.3 is 14.6 Å². The molecule has 0 aliphatic carbocycles. The number of hydrogen-bond donors (Lipinski definition) is 1. The van der Waals surface area contributed by atoms with Crippen molar-refractivity contribution in [2.75, 3.05) is 13.7 Å². The number of hydrogen-bond acceptors (Lipinski definition) is 5. The molecular weight excluding hydrogens is 526 g/mol. The number of benzene rings is 2. The molecule has 0 bridgehead atoms. The lowest BCUT2D eigenvalue weighted by Crippen LogP contribution is -2.16. The molecule has 0 saturated carbocycles. The van der Waals surface area contributed by atoms with Crippen LogP contribution in [-0.4, -0.2) is 36.7 Å². The van der Waals surface area contributed by atoms with Crippen LogP contribution in [0.2, 0.25) is 0 Å². The van der Waals surface area contributed by atoms with Crippen molar-refractivity contribution in [3.63, 3.8) is 0 Å². The Morgan fingerprint density at radius 3 is 2.44 bits per heavy atom. The maximum absolute atomic E-state index is 13.5. The first-order valence-electron chi connectivity index (χ1n) is 10.4. The van der Waals surface area contributed by atoms with Gasteiger partial charge in [0.1, 0.15) is 23.8 Å². The van der Waals surface area contributed by atoms with Crippen molar-refractivity contribution >= 4 is 40.4 Å². The normalized spacial score (nSPS) is 12.2. The highest BCUT2D eigenvalue weighted by Crippen LogP contribution is 2.42. The van der Waals surface area contributed by atoms with Gasteiger partial charge in [0.15, 0.2) is 0 Å². The summed E-state index contributed by atoms with van der Waals surface area (Å²) in [4.78, 5) is 23.5. The molecule has 0 aliphatic rings. The third-order valence-electron chi connectivity index (χ3n) is 4.83. The predicted octanol–water partition coefficient (Wildman–Crippen LogP) is 5.52. The van der Waals surface area contributed by atoms with Gasteiger partial charge in [-0.1, -0.05) is 38.1 Å². The number of ketones is 1. The smallest absolute Gasteiger partial charge is 0.313 e. The van der Waals surface area contributed by atoms with E-state index in [4.69, 9.17) is 9.47 Å². The Balaban J connectivity index is 2.45. The molecule has 1 N–H and O–H groups in total. The molecule has 32 heavy (non-hydrogen) atoms. The van der Waals surface area contributed by atoms with Crippen molar-refractivity contribution < 1.29 is 28.6 Å². The Kier molecular flexibility index (Phi) is 9.84. The van der Waals surface area contributed by atoms with Crippen LogP contribution in [0.4, 0.5) is 4.39 Å². The van der Waals surface area contributed by atoms with Gasteiger partial charge in [-0.25, -0.2) is 4.39 Å². The lowest BCUT2D eigenvalue weighted by molar-refractivity contribution is -0.145. The number of carbonyl (C=O) groups is 2. The molecule has 0 radical (unpaired) electrons. The fourth-order valence-electron chi connectivity index (χ4n) is 3.38. The molecule has 0 spiro atoms. The molecule has 2 aromatic rings. The van der Waals surface area contributed by atoms with Crippen molar-refractivity contribution in [3.8, 4) is 16.9 Å². The number of Topliss-reactive ketones (excluding diaryl/α,β-unsaturated/α-hetero) is 1. The van der Waals surface area contributed by atoms with Gasteiger partial charge in [0.25, 0.3) is 0 Å². The van der Waals surface area contributed by atoms with E-state index in [1.54, 1.807) is 32.2 Å². The zero-order valence-corrected chi connectivity index (χ0v) is 20.8. The monoisotopic (exact) mass is 554 g/mol. The van der Waals surface area contributed by atoms with Crippen LogP contribution in [-0.2, 0) is 14.3 Å². The van der Waals surface area contributed by atoms with Crippen LogP contribution in [0.15, 0.2) is 36.4 Å². The minimum atomic E-state index is -1.07. The summed E-state index contributed by atoms with van der Waals surface area (Å²) in [5.74, 6) is -0.527. The van der Waals surface area contributed by atoms with Gasteiger partial charge in [0, 0.05) is 12.0 Å². The number of aliphatic hydroxyl groups excluding tert-OH is 1. The second kappa shape index (κ2) is 12.1. The third kappa shape index (κ3) is 6.87. The highest BCUT2D eigenvalue weighted by atomic mass is 127. The van der Waals surface area contributed by atoms with Gasteiger partial charge in [-0.2, -0.15) is 0 Å². The Morgan fingerprint density at radius 2 is 1.88 bits per heavy atom. The van der Waals surface area contributed by atoms with Crippen LogP contribution in [0.25, 0.3) is 17.2 Å². The molecule has 0 heterocycles. The number of aliphatic hydroxyl groups is 1. The minimum Gasteiger partial charge on any atom is -0.495 e. The summed E-state index contributed by atoms with van der Waals surface area (Å²) in [5, 5.41) is 10.4. The van der Waals surface area contributed by atoms with E-state index in [0.717, 1.165) is 25.8 Å². The number of methoxy groups -OCH3 is 1. The maximum Gasteiger partial charge on any atom is 0.313 e. The summed E-state index contributed by atoms with van der Waals surface area (Å²) < 4.78 is 24.9. The average Bonchev–Trinajstić information content (AvgIpc) is 2.72. The second-order valence-corrected chi connectivity index (χ2v) is 8.74. The Bertz CT molecular complexity index is 983. The van der Waals surface area contributed by atoms with E-state index < -0.39 is 17.9 Å². The van der Waals surface area contributed by atoms with Gasteiger partial charge in [0.05, 0.1) is 23.4 Å². The first kappa shape index (κ1) is 26.0. The Morgan fingerprint density at radius 1 is 1.22 bits per heavy atom. The second-order valence-electron chi connectivity index (χ2n) is 7.58. The van der Waals surface area contributed by atoms with E-state index in [1.807, 2.05) is 6.07 Å². The lowest BCUT2D eigenvalue weighted by Gasteiger charge is -2.20. The number of esters is 1. The highest BCUT2D eigenvalue weighted by molar-refractivity contribution is 14.1. The predicted molar refractivity (Wildman–Crippen MR) is 131 cm³/mol. The summed E-state index contributed by atoms with van der Waals surface area (Å²) >= 11 is 2.21. The van der Waals surface area contributed by atoms with Crippen LogP contribution >= 0.6 is 22.6 Å². The van der Waals surface area contributed by atoms with E-state index in [1.165, 1.54) is 18.2 Å². The zero-order valence-electron chi connectivity index (χ0n) is 18.7. The van der Waals surface area contributed by atoms with E-state index in [2.05, 4.69) is 36.4 Å². The molecule has 0 amide bonds. The topological polar surface area (TPSA) is 72.8 Å². The molecule has 172 valence electrons. The highest BCUT2D eigenvalue weighted by Gasteiger charge is 2.20. The van der Waals surface area contributed by atoms with E-state index in [9.17, 15) is 19.1 Å². The maximum atomic E-state index is 13.5. The molecule has 0 fully saturated rings. The Labute approximate surface area is 201 Å². The summed E-state index contributed by atoms with van der Waals surface area (Å²) in [6.45, 7) is 5.99. The van der Waals surface area contributed by atoms with Crippen molar-refractivity contribution in [3.05, 3.63) is 56.9 Å². The molecule has 0 aliphatic heterocycles. The molecule has 0 aromatic heterocycles. The summed E-state index contributed by atoms with van der Waals surface area (Å²) in [7, 11) is 1.58. The van der Waals surface area contributed by atoms with Crippen LogP contribution < -0.4 is 4.74 Å². The lowest BCUT2D eigenvalue weighted by atomic mass is 9.88. The zero-order chi connectivity index (χ0) is 23.8. The van der Waals surface area contributed by atoms with Crippen molar-refractivity contribution in [1.29, 1.82) is 0 Å². The average molecular weight is 554 g/mol. The fraction of sp³-hybridized carbons (Fsp3) is 0.360. The quantitative estimate of drug-likeness (QED) is 0.238. The number of halogens is 2. The molecular formula is C25H28FIO5. The van der Waals surface area contributed by atoms with Crippen molar-refractivity contribution in [2.24, 2.45) is 0 Å². The molecule has 1 unspecified atom stereocenters. The fourth-order valence-corrected chi connectivity index (χ4v) is 4.20.